The number of aromatic nitrogens is 4. The van der Waals surface area contributed by atoms with E-state index in [-0.39, 0.29) is 11.2 Å². The fraction of sp³-hybridized carbons (Fsp3) is 0.500. The van der Waals surface area contributed by atoms with Gasteiger partial charge in [0, 0.05) is 34.0 Å². The number of piperidine rings is 1. The highest BCUT2D eigenvalue weighted by atomic mass is 32.1. The number of H-pyrrole nitrogens is 1. The molecule has 0 radical (unpaired) electrons. The molecular weight excluding hydrogens is 430 g/mol. The van der Waals surface area contributed by atoms with Gasteiger partial charge >= 0.3 is 0 Å². The van der Waals surface area contributed by atoms with E-state index in [1.165, 1.54) is 39.9 Å². The third-order valence-corrected chi connectivity index (χ3v) is 9.21. The highest BCUT2D eigenvalue weighted by Crippen LogP contribution is 2.62. The molecule has 2 unspecified atom stereocenters. The summed E-state index contributed by atoms with van der Waals surface area (Å²) >= 11 is 1.95. The third-order valence-electron chi connectivity index (χ3n) is 7.78. The molecule has 172 valence electrons. The number of nitrogens with one attached hydrogen (secondary N) is 1. The first-order valence-electron chi connectivity index (χ1n) is 12.0. The van der Waals surface area contributed by atoms with Crippen LogP contribution in [0.25, 0.3) is 27.1 Å². The smallest absolute Gasteiger partial charge is 0.158 e. The van der Waals surface area contributed by atoms with E-state index in [1.807, 2.05) is 15.9 Å². The van der Waals surface area contributed by atoms with Crippen LogP contribution in [0.3, 0.4) is 0 Å². The van der Waals surface area contributed by atoms with Gasteiger partial charge < -0.3 is 4.98 Å². The minimum atomic E-state index is 0.243. The predicted octanol–water partition coefficient (Wildman–Crippen LogP) is 5.23. The van der Waals surface area contributed by atoms with Crippen LogP contribution in [0.15, 0.2) is 18.6 Å². The lowest BCUT2D eigenvalue weighted by Crippen LogP contribution is -2.41. The Bertz CT molecular complexity index is 1410. The van der Waals surface area contributed by atoms with E-state index >= 15 is 0 Å². The topological polar surface area (TPSA) is 66.3 Å². The zero-order valence-electron chi connectivity index (χ0n) is 20.0. The van der Waals surface area contributed by atoms with Crippen molar-refractivity contribution in [3.05, 3.63) is 40.2 Å². The van der Waals surface area contributed by atoms with Gasteiger partial charge in [-0.15, -0.1) is 11.3 Å². The SMILES string of the molecule is CC(=O)CN1CCC2CC2(c2sc3[nH]c(-c4cc(C)c5ncnn5c4)c(C(C)C)c3c2C)C1. The number of hydrogen-bond acceptors (Lipinski definition) is 5. The second-order valence-electron chi connectivity index (χ2n) is 10.5. The molecule has 2 aliphatic rings. The van der Waals surface area contributed by atoms with Crippen molar-refractivity contribution in [1.29, 1.82) is 0 Å². The molecule has 7 heteroatoms. The maximum atomic E-state index is 11.8. The van der Waals surface area contributed by atoms with Crippen LogP contribution in [0, 0.1) is 19.8 Å². The molecule has 33 heavy (non-hydrogen) atoms. The molecule has 1 saturated carbocycles. The van der Waals surface area contributed by atoms with Crippen molar-refractivity contribution in [3.8, 4) is 11.3 Å². The Balaban J connectivity index is 1.47. The number of aromatic amines is 1. The molecule has 1 saturated heterocycles. The molecule has 4 aromatic rings. The first-order valence-corrected chi connectivity index (χ1v) is 12.8. The van der Waals surface area contributed by atoms with Crippen LogP contribution in [-0.2, 0) is 10.2 Å². The maximum absolute atomic E-state index is 11.8. The van der Waals surface area contributed by atoms with Crippen LogP contribution in [0.1, 0.15) is 61.1 Å². The lowest BCUT2D eigenvalue weighted by Gasteiger charge is -2.32. The number of aryl methyl sites for hydroxylation is 2. The van der Waals surface area contributed by atoms with Crippen molar-refractivity contribution in [2.45, 2.75) is 58.8 Å². The third kappa shape index (κ3) is 3.12. The number of pyridine rings is 1. The summed E-state index contributed by atoms with van der Waals surface area (Å²) in [7, 11) is 0. The van der Waals surface area contributed by atoms with E-state index < -0.39 is 0 Å². The van der Waals surface area contributed by atoms with Gasteiger partial charge in [-0.2, -0.15) is 5.10 Å². The fourth-order valence-corrected chi connectivity index (χ4v) is 7.81. The zero-order chi connectivity index (χ0) is 23.1. The molecule has 5 heterocycles. The Morgan fingerprint density at radius 1 is 1.36 bits per heavy atom. The Kier molecular flexibility index (Phi) is 4.62. The van der Waals surface area contributed by atoms with E-state index in [9.17, 15) is 4.79 Å². The predicted molar refractivity (Wildman–Crippen MR) is 133 cm³/mol. The minimum absolute atomic E-state index is 0.243. The first kappa shape index (κ1) is 21.1. The van der Waals surface area contributed by atoms with Gasteiger partial charge in [-0.1, -0.05) is 13.8 Å². The van der Waals surface area contributed by atoms with E-state index in [4.69, 9.17) is 0 Å². The summed E-state index contributed by atoms with van der Waals surface area (Å²) in [6, 6.07) is 2.22. The van der Waals surface area contributed by atoms with Crippen molar-refractivity contribution in [2.24, 2.45) is 5.92 Å². The summed E-state index contributed by atoms with van der Waals surface area (Å²) in [5, 5.41) is 5.79. The number of carbonyl (C=O) groups excluding carboxylic acids is 1. The van der Waals surface area contributed by atoms with Gasteiger partial charge in [0.1, 0.15) is 16.9 Å². The van der Waals surface area contributed by atoms with E-state index in [0.29, 0.717) is 12.5 Å². The highest BCUT2D eigenvalue weighted by molar-refractivity contribution is 7.19. The minimum Gasteiger partial charge on any atom is -0.346 e. The molecule has 6 nitrogen and oxygen atoms in total. The van der Waals surface area contributed by atoms with Crippen LogP contribution in [0.4, 0.5) is 0 Å². The van der Waals surface area contributed by atoms with Gasteiger partial charge in [-0.25, -0.2) is 9.50 Å². The molecule has 0 amide bonds. The Morgan fingerprint density at radius 3 is 2.94 bits per heavy atom. The molecule has 6 rings (SSSR count). The summed E-state index contributed by atoms with van der Waals surface area (Å²) in [4.78, 5) is 25.2. The normalized spacial score (nSPS) is 23.0. The summed E-state index contributed by atoms with van der Waals surface area (Å²) in [5.74, 6) is 1.43. The van der Waals surface area contributed by atoms with Crippen LogP contribution in [0.2, 0.25) is 0 Å². The largest absolute Gasteiger partial charge is 0.346 e. The number of thiophene rings is 1. The lowest BCUT2D eigenvalue weighted by molar-refractivity contribution is -0.118. The van der Waals surface area contributed by atoms with Crippen molar-refractivity contribution in [3.63, 3.8) is 0 Å². The zero-order valence-corrected chi connectivity index (χ0v) is 20.8. The standard InChI is InChI=1S/C26H31N5OS/c1-14(2)20-21-17(5)23(26-9-19(26)6-7-30(12-26)10-16(4)32)33-25(21)29-22(20)18-8-15(3)24-27-13-28-31(24)11-18/h8,11,13-14,19,29H,6-7,9-10,12H2,1-5H3. The van der Waals surface area contributed by atoms with Gasteiger partial charge in [0.15, 0.2) is 5.65 Å². The molecule has 0 aromatic carbocycles. The van der Waals surface area contributed by atoms with Crippen molar-refractivity contribution in [2.75, 3.05) is 19.6 Å². The van der Waals surface area contributed by atoms with Gasteiger partial charge in [-0.05, 0) is 74.8 Å². The van der Waals surface area contributed by atoms with Crippen molar-refractivity contribution < 1.29 is 4.79 Å². The summed E-state index contributed by atoms with van der Waals surface area (Å²) < 4.78 is 1.88. The van der Waals surface area contributed by atoms with Crippen molar-refractivity contribution in [1.82, 2.24) is 24.5 Å². The average Bonchev–Trinajstić information content (AvgIpc) is 3.06. The number of likely N-dealkylation sites (tertiary alicyclic amines) is 1. The number of nitrogens with zero attached hydrogens (tertiary/aromatic N) is 4. The van der Waals surface area contributed by atoms with Gasteiger partial charge in [0.25, 0.3) is 0 Å². The highest BCUT2D eigenvalue weighted by Gasteiger charge is 2.59. The molecule has 4 aromatic heterocycles. The van der Waals surface area contributed by atoms with Crippen LogP contribution in [-0.4, -0.2) is 49.9 Å². The second kappa shape index (κ2) is 7.24. The number of carbonyl (C=O) groups is 1. The Morgan fingerprint density at radius 2 is 2.18 bits per heavy atom. The van der Waals surface area contributed by atoms with Crippen LogP contribution in [0.5, 0.6) is 0 Å². The molecule has 2 fully saturated rings. The number of rotatable bonds is 5. The molecule has 1 aliphatic carbocycles. The summed E-state index contributed by atoms with van der Waals surface area (Å²) in [5.41, 5.74) is 7.47. The van der Waals surface area contributed by atoms with Crippen molar-refractivity contribution >= 4 is 33.0 Å². The van der Waals surface area contributed by atoms with E-state index in [1.54, 1.807) is 18.1 Å². The number of Topliss-reactive ketones (excluding diaryl/α,β-unsaturated/α-hetero) is 1. The van der Waals surface area contributed by atoms with Gasteiger partial charge in [0.2, 0.25) is 0 Å². The summed E-state index contributed by atoms with van der Waals surface area (Å²) in [6.45, 7) is 13.4. The van der Waals surface area contributed by atoms with Crippen LogP contribution >= 0.6 is 11.3 Å². The molecular formula is C26H31N5OS. The van der Waals surface area contributed by atoms with Crippen LogP contribution < -0.4 is 0 Å². The molecule has 0 spiro atoms. The van der Waals surface area contributed by atoms with Gasteiger partial charge in [0.05, 0.1) is 12.2 Å². The Hall–Kier alpha value is -2.51. The first-order chi connectivity index (χ1) is 15.8. The average molecular weight is 462 g/mol. The maximum Gasteiger partial charge on any atom is 0.158 e. The lowest BCUT2D eigenvalue weighted by atomic mass is 9.90. The van der Waals surface area contributed by atoms with E-state index in [2.05, 4.69) is 59.9 Å². The number of ketones is 1. The van der Waals surface area contributed by atoms with Gasteiger partial charge in [-0.3, -0.25) is 9.69 Å². The quantitative estimate of drug-likeness (QED) is 0.442. The Labute approximate surface area is 198 Å². The molecule has 0 bridgehead atoms. The van der Waals surface area contributed by atoms with E-state index in [0.717, 1.165) is 35.8 Å². The monoisotopic (exact) mass is 461 g/mol. The second-order valence-corrected chi connectivity index (χ2v) is 11.5. The summed E-state index contributed by atoms with van der Waals surface area (Å²) in [6.07, 6.45) is 6.17. The molecule has 1 N–H and O–H groups in total. The number of hydrogen-bond donors (Lipinski definition) is 1. The fourth-order valence-electron chi connectivity index (χ4n) is 6.31. The number of fused-ring (bicyclic) bond motifs is 3. The molecule has 2 atom stereocenters. The molecule has 1 aliphatic heterocycles.